The van der Waals surface area contributed by atoms with Crippen molar-refractivity contribution in [2.75, 3.05) is 18.8 Å². The quantitative estimate of drug-likeness (QED) is 0.820. The van der Waals surface area contributed by atoms with Crippen LogP contribution in [0.3, 0.4) is 0 Å². The van der Waals surface area contributed by atoms with E-state index in [4.69, 9.17) is 5.73 Å². The number of piperidine rings is 1. The molecule has 1 heterocycles. The van der Waals surface area contributed by atoms with Crippen molar-refractivity contribution >= 4 is 15.9 Å². The summed E-state index contributed by atoms with van der Waals surface area (Å²) in [6.45, 7) is 3.42. The lowest BCUT2D eigenvalue weighted by molar-refractivity contribution is 0.341. The lowest BCUT2D eigenvalue weighted by Crippen LogP contribution is -2.43. The van der Waals surface area contributed by atoms with Gasteiger partial charge in [-0.3, -0.25) is 0 Å². The number of nitrogens with one attached hydrogen (secondary N) is 1. The Morgan fingerprint density at radius 3 is 2.63 bits per heavy atom. The zero-order valence-corrected chi connectivity index (χ0v) is 12.0. The Balaban J connectivity index is 2.03. The number of anilines is 1. The van der Waals surface area contributed by atoms with E-state index in [0.29, 0.717) is 18.8 Å². The third-order valence-electron chi connectivity index (χ3n) is 3.59. The molecule has 19 heavy (non-hydrogen) atoms. The van der Waals surface area contributed by atoms with Gasteiger partial charge in [-0.2, -0.15) is 17.4 Å². The van der Waals surface area contributed by atoms with Crippen molar-refractivity contribution in [3.05, 3.63) is 29.3 Å². The van der Waals surface area contributed by atoms with Crippen molar-refractivity contribution in [2.24, 2.45) is 0 Å². The zero-order valence-electron chi connectivity index (χ0n) is 11.2. The molecule has 0 amide bonds. The molecule has 6 heteroatoms. The second-order valence-electron chi connectivity index (χ2n) is 4.92. The Morgan fingerprint density at radius 1 is 1.26 bits per heavy atom. The first kappa shape index (κ1) is 14.3. The average Bonchev–Trinajstić information content (AvgIpc) is 2.41. The third-order valence-corrected chi connectivity index (χ3v) is 5.14. The maximum Gasteiger partial charge on any atom is 0.279 e. The van der Waals surface area contributed by atoms with E-state index in [1.165, 1.54) is 4.31 Å². The normalized spacial score (nSPS) is 17.5. The van der Waals surface area contributed by atoms with Crippen molar-refractivity contribution < 1.29 is 8.42 Å². The fraction of sp³-hybridized carbons (Fsp3) is 0.538. The minimum atomic E-state index is -3.37. The molecule has 2 rings (SSSR count). The van der Waals surface area contributed by atoms with Gasteiger partial charge in [-0.1, -0.05) is 18.6 Å². The fourth-order valence-corrected chi connectivity index (χ4v) is 3.52. The summed E-state index contributed by atoms with van der Waals surface area (Å²) in [4.78, 5) is 0. The molecule has 1 fully saturated rings. The monoisotopic (exact) mass is 283 g/mol. The molecule has 3 N–H and O–H groups in total. The van der Waals surface area contributed by atoms with Crippen molar-refractivity contribution in [1.82, 2.24) is 9.03 Å². The minimum absolute atomic E-state index is 0.287. The van der Waals surface area contributed by atoms with Crippen molar-refractivity contribution in [3.8, 4) is 0 Å². The summed E-state index contributed by atoms with van der Waals surface area (Å²) < 4.78 is 28.5. The summed E-state index contributed by atoms with van der Waals surface area (Å²) in [5.74, 6) is 0. The van der Waals surface area contributed by atoms with Crippen LogP contribution in [0.1, 0.15) is 30.4 Å². The molecule has 0 spiro atoms. The first-order valence-electron chi connectivity index (χ1n) is 6.59. The van der Waals surface area contributed by atoms with Crippen LogP contribution < -0.4 is 10.5 Å². The van der Waals surface area contributed by atoms with Crippen LogP contribution >= 0.6 is 0 Å². The van der Waals surface area contributed by atoms with E-state index in [0.717, 1.165) is 30.4 Å². The average molecular weight is 283 g/mol. The summed E-state index contributed by atoms with van der Waals surface area (Å²) in [7, 11) is -3.37. The van der Waals surface area contributed by atoms with Gasteiger partial charge in [-0.25, -0.2) is 0 Å². The Bertz CT molecular complexity index is 537. The number of nitrogens with two attached hydrogens (primary N) is 1. The van der Waals surface area contributed by atoms with E-state index >= 15 is 0 Å². The highest BCUT2D eigenvalue weighted by atomic mass is 32.2. The van der Waals surface area contributed by atoms with Crippen LogP contribution in [0.25, 0.3) is 0 Å². The molecule has 0 radical (unpaired) electrons. The van der Waals surface area contributed by atoms with E-state index in [-0.39, 0.29) is 6.54 Å². The van der Waals surface area contributed by atoms with Crippen LogP contribution in [0.15, 0.2) is 18.2 Å². The van der Waals surface area contributed by atoms with Gasteiger partial charge in [0.05, 0.1) is 0 Å². The maximum atomic E-state index is 12.1. The van der Waals surface area contributed by atoms with Gasteiger partial charge in [0.25, 0.3) is 10.2 Å². The van der Waals surface area contributed by atoms with Crippen LogP contribution in [-0.4, -0.2) is 25.8 Å². The van der Waals surface area contributed by atoms with Gasteiger partial charge in [0, 0.05) is 25.3 Å². The van der Waals surface area contributed by atoms with E-state index in [2.05, 4.69) is 4.72 Å². The lowest BCUT2D eigenvalue weighted by atomic mass is 10.1. The highest BCUT2D eigenvalue weighted by Gasteiger charge is 2.23. The molecule has 0 atom stereocenters. The van der Waals surface area contributed by atoms with Gasteiger partial charge in [0.15, 0.2) is 0 Å². The first-order chi connectivity index (χ1) is 9.00. The number of benzene rings is 1. The minimum Gasteiger partial charge on any atom is -0.399 e. The highest BCUT2D eigenvalue weighted by molar-refractivity contribution is 7.87. The predicted molar refractivity (Wildman–Crippen MR) is 76.8 cm³/mol. The summed E-state index contributed by atoms with van der Waals surface area (Å²) in [6.07, 6.45) is 3.00. The van der Waals surface area contributed by atoms with Gasteiger partial charge in [0.1, 0.15) is 0 Å². The molecule has 1 saturated heterocycles. The van der Waals surface area contributed by atoms with E-state index in [1.807, 2.05) is 25.1 Å². The van der Waals surface area contributed by atoms with E-state index in [9.17, 15) is 8.42 Å². The fourth-order valence-electron chi connectivity index (χ4n) is 2.26. The molecule has 5 nitrogen and oxygen atoms in total. The molecule has 1 aliphatic heterocycles. The Morgan fingerprint density at radius 2 is 1.95 bits per heavy atom. The van der Waals surface area contributed by atoms with Gasteiger partial charge in [0.2, 0.25) is 0 Å². The Hall–Kier alpha value is -1.11. The second kappa shape index (κ2) is 5.90. The number of rotatable bonds is 4. The molecule has 0 unspecified atom stereocenters. The second-order valence-corrected chi connectivity index (χ2v) is 6.67. The summed E-state index contributed by atoms with van der Waals surface area (Å²) in [6, 6.07) is 5.55. The molecule has 0 saturated carbocycles. The number of nitrogen functional groups attached to an aromatic ring is 1. The third kappa shape index (κ3) is 3.46. The molecule has 1 aliphatic rings. The molecule has 0 aliphatic carbocycles. The first-order valence-corrected chi connectivity index (χ1v) is 8.03. The molecule has 1 aromatic carbocycles. The summed E-state index contributed by atoms with van der Waals surface area (Å²) in [5, 5.41) is 0. The highest BCUT2D eigenvalue weighted by Crippen LogP contribution is 2.16. The summed E-state index contributed by atoms with van der Waals surface area (Å²) >= 11 is 0. The van der Waals surface area contributed by atoms with Gasteiger partial charge in [-0.15, -0.1) is 0 Å². The van der Waals surface area contributed by atoms with Gasteiger partial charge in [-0.05, 0) is 37.0 Å². The van der Waals surface area contributed by atoms with Crippen LogP contribution in [0, 0.1) is 6.92 Å². The van der Waals surface area contributed by atoms with Crippen LogP contribution in [0.2, 0.25) is 0 Å². The number of hydrogen-bond acceptors (Lipinski definition) is 3. The SMILES string of the molecule is Cc1c(N)cccc1CNS(=O)(=O)N1CCCCC1. The van der Waals surface area contributed by atoms with Crippen molar-refractivity contribution in [1.29, 1.82) is 0 Å². The van der Waals surface area contributed by atoms with E-state index < -0.39 is 10.2 Å². The van der Waals surface area contributed by atoms with Crippen LogP contribution in [0.4, 0.5) is 5.69 Å². The number of nitrogens with zero attached hydrogens (tertiary/aromatic N) is 1. The Kier molecular flexibility index (Phi) is 4.44. The van der Waals surface area contributed by atoms with E-state index in [1.54, 1.807) is 0 Å². The molecule has 0 bridgehead atoms. The zero-order chi connectivity index (χ0) is 13.9. The number of hydrogen-bond donors (Lipinski definition) is 2. The standard InChI is InChI=1S/C13H21N3O2S/c1-11-12(6-5-7-13(11)14)10-15-19(17,18)16-8-3-2-4-9-16/h5-7,15H,2-4,8-10,14H2,1H3. The van der Waals surface area contributed by atoms with Crippen molar-refractivity contribution in [3.63, 3.8) is 0 Å². The lowest BCUT2D eigenvalue weighted by Gasteiger charge is -2.26. The van der Waals surface area contributed by atoms with Crippen LogP contribution in [0.5, 0.6) is 0 Å². The van der Waals surface area contributed by atoms with Crippen molar-refractivity contribution in [2.45, 2.75) is 32.7 Å². The molecular weight excluding hydrogens is 262 g/mol. The van der Waals surface area contributed by atoms with Crippen LogP contribution in [-0.2, 0) is 16.8 Å². The largest absolute Gasteiger partial charge is 0.399 e. The Labute approximate surface area is 115 Å². The predicted octanol–water partition coefficient (Wildman–Crippen LogP) is 1.40. The topological polar surface area (TPSA) is 75.4 Å². The molecular formula is C13H21N3O2S. The maximum absolute atomic E-state index is 12.1. The molecule has 0 aromatic heterocycles. The summed E-state index contributed by atoms with van der Waals surface area (Å²) in [5.41, 5.74) is 8.36. The molecule has 106 valence electrons. The molecule has 1 aromatic rings. The smallest absolute Gasteiger partial charge is 0.279 e. The van der Waals surface area contributed by atoms with Gasteiger partial charge >= 0.3 is 0 Å². The van der Waals surface area contributed by atoms with Gasteiger partial charge < -0.3 is 5.73 Å².